The van der Waals surface area contributed by atoms with Gasteiger partial charge in [0.25, 0.3) is 0 Å². The van der Waals surface area contributed by atoms with Gasteiger partial charge in [0.2, 0.25) is 0 Å². The second kappa shape index (κ2) is 5.91. The Morgan fingerprint density at radius 1 is 1.25 bits per heavy atom. The van der Waals surface area contributed by atoms with E-state index in [2.05, 4.69) is 35.4 Å². The maximum atomic E-state index is 8.17. The maximum absolute atomic E-state index is 8.17. The average Bonchev–Trinajstić information content (AvgIpc) is 2.62. The first-order chi connectivity index (χ1) is 9.33. The lowest BCUT2D eigenvalue weighted by Gasteiger charge is -2.38. The second-order valence-electron chi connectivity index (χ2n) is 7.10. The fourth-order valence-corrected chi connectivity index (χ4v) is 17.6. The third kappa shape index (κ3) is 3.45. The summed E-state index contributed by atoms with van der Waals surface area (Å²) in [7, 11) is -2.29. The van der Waals surface area contributed by atoms with Crippen molar-refractivity contribution >= 4 is 22.2 Å². The summed E-state index contributed by atoms with van der Waals surface area (Å²) in [6, 6.07) is 6.83. The van der Waals surface area contributed by atoms with Crippen LogP contribution >= 0.6 is 0 Å². The summed E-state index contributed by atoms with van der Waals surface area (Å²) >= 11 is 0. The largest absolute Gasteiger partial charge is 0.345 e. The Hall–Kier alpha value is -0.786. The molecule has 0 bridgehead atoms. The zero-order valence-electron chi connectivity index (χ0n) is 13.2. The van der Waals surface area contributed by atoms with Crippen LogP contribution < -0.4 is 0 Å². The van der Waals surface area contributed by atoms with Crippen LogP contribution in [0.2, 0.25) is 38.3 Å². The van der Waals surface area contributed by atoms with Gasteiger partial charge in [-0.1, -0.05) is 32.3 Å². The molecule has 1 aromatic heterocycles. The van der Waals surface area contributed by atoms with Crippen molar-refractivity contribution in [1.82, 2.24) is 9.22 Å². The number of rotatable bonds is 5. The molecule has 0 spiro atoms. The Kier molecular flexibility index (Phi) is 4.61. The van der Waals surface area contributed by atoms with Crippen molar-refractivity contribution in [2.24, 2.45) is 0 Å². The van der Waals surface area contributed by atoms with E-state index >= 15 is 0 Å². The van der Waals surface area contributed by atoms with Gasteiger partial charge < -0.3 is 9.64 Å². The molecule has 3 nitrogen and oxygen atoms in total. The molecule has 5 heteroatoms. The van der Waals surface area contributed by atoms with Gasteiger partial charge in [-0.25, -0.2) is 0 Å². The fraction of sp³-hybridized carbons (Fsp3) is 0.600. The smallest absolute Gasteiger partial charge is 0.115 e. The first-order valence-electron chi connectivity index (χ1n) is 7.58. The van der Waals surface area contributed by atoms with Gasteiger partial charge in [0.15, 0.2) is 0 Å². The lowest BCUT2D eigenvalue weighted by Crippen LogP contribution is -2.55. The van der Waals surface area contributed by atoms with Crippen LogP contribution in [0.15, 0.2) is 24.5 Å². The number of nitrogens with zero attached hydrogens (tertiary/aromatic N) is 2. The standard InChI is InChI=1S/C15H27N3Si2/c1-19(2)11-12-20(3,4)18(19)10-6-8-15(16)14-7-5-9-17-13-14/h5,7,9,13,16H,6,8,10-12H2,1-4H3. The van der Waals surface area contributed by atoms with E-state index in [-0.39, 0.29) is 0 Å². The first-order valence-corrected chi connectivity index (χ1v) is 13.9. The molecule has 0 atom stereocenters. The van der Waals surface area contributed by atoms with Crippen molar-refractivity contribution in [3.8, 4) is 0 Å². The van der Waals surface area contributed by atoms with Crippen LogP contribution in [0.5, 0.6) is 0 Å². The summed E-state index contributed by atoms with van der Waals surface area (Å²) in [6.45, 7) is 11.3. The summed E-state index contributed by atoms with van der Waals surface area (Å²) in [6.07, 6.45) is 5.55. The fourth-order valence-electron chi connectivity index (χ4n) is 3.41. The van der Waals surface area contributed by atoms with Crippen LogP contribution in [-0.2, 0) is 0 Å². The first kappa shape index (κ1) is 15.6. The predicted octanol–water partition coefficient (Wildman–Crippen LogP) is 3.96. The normalized spacial score (nSPS) is 21.0. The molecule has 1 aromatic rings. The highest BCUT2D eigenvalue weighted by atomic mass is 28.4. The molecule has 0 unspecified atom stereocenters. The van der Waals surface area contributed by atoms with Crippen molar-refractivity contribution in [2.75, 3.05) is 6.54 Å². The Bertz CT molecular complexity index is 455. The van der Waals surface area contributed by atoms with Crippen molar-refractivity contribution in [3.63, 3.8) is 0 Å². The van der Waals surface area contributed by atoms with Crippen molar-refractivity contribution in [1.29, 1.82) is 5.41 Å². The SMILES string of the molecule is C[Si]1(C)CC[Si](C)(C)N1CCCC(=N)c1cccnc1. The summed E-state index contributed by atoms with van der Waals surface area (Å²) in [5, 5.41) is 8.17. The van der Waals surface area contributed by atoms with Gasteiger partial charge in [-0.3, -0.25) is 4.98 Å². The van der Waals surface area contributed by atoms with E-state index in [9.17, 15) is 0 Å². The molecular formula is C15H27N3Si2. The quantitative estimate of drug-likeness (QED) is 0.661. The third-order valence-corrected chi connectivity index (χ3v) is 15.1. The topological polar surface area (TPSA) is 40.0 Å². The maximum Gasteiger partial charge on any atom is 0.115 e. The van der Waals surface area contributed by atoms with E-state index in [1.54, 1.807) is 12.4 Å². The molecule has 0 aromatic carbocycles. The summed E-state index contributed by atoms with van der Waals surface area (Å²) in [5.74, 6) is 0. The monoisotopic (exact) mass is 305 g/mol. The summed E-state index contributed by atoms with van der Waals surface area (Å²) < 4.78 is 2.90. The molecule has 1 aliphatic heterocycles. The summed E-state index contributed by atoms with van der Waals surface area (Å²) in [4.78, 5) is 4.10. The van der Waals surface area contributed by atoms with Crippen molar-refractivity contribution < 1.29 is 0 Å². The molecule has 0 saturated carbocycles. The van der Waals surface area contributed by atoms with Crippen LogP contribution in [0.3, 0.4) is 0 Å². The van der Waals surface area contributed by atoms with Crippen LogP contribution in [0, 0.1) is 5.41 Å². The van der Waals surface area contributed by atoms with Crippen LogP contribution in [0.1, 0.15) is 18.4 Å². The van der Waals surface area contributed by atoms with Crippen LogP contribution in [0.4, 0.5) is 0 Å². The van der Waals surface area contributed by atoms with Gasteiger partial charge in [-0.15, -0.1) is 0 Å². The zero-order valence-corrected chi connectivity index (χ0v) is 15.2. The highest BCUT2D eigenvalue weighted by molar-refractivity contribution is 6.95. The molecule has 2 heterocycles. The Morgan fingerprint density at radius 3 is 2.45 bits per heavy atom. The van der Waals surface area contributed by atoms with Crippen LogP contribution in [0.25, 0.3) is 0 Å². The molecule has 0 aliphatic carbocycles. The molecule has 0 radical (unpaired) electrons. The van der Waals surface area contributed by atoms with Crippen molar-refractivity contribution in [3.05, 3.63) is 30.1 Å². The number of hydrogen-bond donors (Lipinski definition) is 1. The van der Waals surface area contributed by atoms with E-state index in [1.807, 2.05) is 12.1 Å². The van der Waals surface area contributed by atoms with E-state index in [0.29, 0.717) is 0 Å². The van der Waals surface area contributed by atoms with E-state index in [4.69, 9.17) is 5.41 Å². The lowest BCUT2D eigenvalue weighted by molar-refractivity contribution is 0.599. The highest BCUT2D eigenvalue weighted by Gasteiger charge is 2.46. The molecule has 1 N–H and O–H groups in total. The van der Waals surface area contributed by atoms with Crippen LogP contribution in [-0.4, -0.2) is 37.9 Å². The molecule has 1 saturated heterocycles. The van der Waals surface area contributed by atoms with Gasteiger partial charge >= 0.3 is 0 Å². The Morgan fingerprint density at radius 2 is 1.90 bits per heavy atom. The van der Waals surface area contributed by atoms with Gasteiger partial charge in [-0.05, 0) is 37.5 Å². The Labute approximate surface area is 125 Å². The minimum atomic E-state index is -1.14. The third-order valence-electron chi connectivity index (χ3n) is 4.63. The molecule has 0 amide bonds. The number of nitrogens with one attached hydrogen (secondary N) is 1. The molecule has 1 aliphatic rings. The minimum Gasteiger partial charge on any atom is -0.345 e. The van der Waals surface area contributed by atoms with Gasteiger partial charge in [0.05, 0.1) is 0 Å². The molecule has 20 heavy (non-hydrogen) atoms. The predicted molar refractivity (Wildman–Crippen MR) is 91.6 cm³/mol. The summed E-state index contributed by atoms with van der Waals surface area (Å²) in [5.41, 5.74) is 1.71. The molecular weight excluding hydrogens is 278 g/mol. The van der Waals surface area contributed by atoms with E-state index in [0.717, 1.165) is 24.1 Å². The number of hydrogen-bond acceptors (Lipinski definition) is 3. The molecule has 110 valence electrons. The highest BCUT2D eigenvalue weighted by Crippen LogP contribution is 2.36. The lowest BCUT2D eigenvalue weighted by atomic mass is 10.1. The van der Waals surface area contributed by atoms with E-state index in [1.165, 1.54) is 18.6 Å². The molecule has 2 rings (SSSR count). The molecule has 1 fully saturated rings. The number of pyridine rings is 1. The second-order valence-corrected chi connectivity index (χ2v) is 16.9. The van der Waals surface area contributed by atoms with Crippen molar-refractivity contribution in [2.45, 2.75) is 51.1 Å². The van der Waals surface area contributed by atoms with E-state index < -0.39 is 16.5 Å². The Balaban J connectivity index is 1.88. The minimum absolute atomic E-state index is 0.733. The van der Waals surface area contributed by atoms with Gasteiger partial charge in [-0.2, -0.15) is 0 Å². The zero-order chi connectivity index (χ0) is 14.8. The van der Waals surface area contributed by atoms with Gasteiger partial charge in [0, 0.05) is 23.7 Å². The van der Waals surface area contributed by atoms with Gasteiger partial charge in [0.1, 0.15) is 16.5 Å². The number of aromatic nitrogens is 1. The average molecular weight is 306 g/mol.